The monoisotopic (exact) mass is 334 g/mol. The molecule has 0 aliphatic heterocycles. The minimum Gasteiger partial charge on any atom is -0.352 e. The summed E-state index contributed by atoms with van der Waals surface area (Å²) < 4.78 is 1.49. The van der Waals surface area contributed by atoms with E-state index >= 15 is 0 Å². The average Bonchev–Trinajstić information content (AvgIpc) is 3.01. The van der Waals surface area contributed by atoms with Gasteiger partial charge in [0.1, 0.15) is 12.2 Å². The smallest absolute Gasteiger partial charge is 0.275 e. The zero-order valence-electron chi connectivity index (χ0n) is 12.5. The summed E-state index contributed by atoms with van der Waals surface area (Å²) >= 11 is 1.41. The molecule has 2 heterocycles. The quantitative estimate of drug-likeness (QED) is 0.677. The van der Waals surface area contributed by atoms with Gasteiger partial charge in [-0.25, -0.2) is 4.98 Å². The summed E-state index contributed by atoms with van der Waals surface area (Å²) in [7, 11) is 0. The molecule has 2 aromatic heterocycles. The standard InChI is InChI=1S/C14H18N6O2S/c15-4-3-13-19-11(8-23-13)14(22)18-10-5-16-20(6-10)7-12(21)17-9-1-2-9/h5-6,8-9H,1-4,7,15H2,(H,17,21)(H,18,22). The molecule has 23 heavy (non-hydrogen) atoms. The van der Waals surface area contributed by atoms with Gasteiger partial charge in [-0.05, 0) is 19.4 Å². The molecule has 0 atom stereocenters. The molecule has 4 N–H and O–H groups in total. The van der Waals surface area contributed by atoms with Crippen LogP contribution < -0.4 is 16.4 Å². The first kappa shape index (κ1) is 15.6. The number of anilines is 1. The van der Waals surface area contributed by atoms with Crippen molar-refractivity contribution in [3.63, 3.8) is 0 Å². The van der Waals surface area contributed by atoms with Crippen LogP contribution in [0.1, 0.15) is 28.3 Å². The molecule has 0 aromatic carbocycles. The first-order chi connectivity index (χ1) is 11.1. The number of thiazole rings is 1. The van der Waals surface area contributed by atoms with Gasteiger partial charge >= 0.3 is 0 Å². The number of carbonyl (C=O) groups excluding carboxylic acids is 2. The van der Waals surface area contributed by atoms with Crippen LogP contribution >= 0.6 is 11.3 Å². The predicted octanol–water partition coefficient (Wildman–Crippen LogP) is 0.372. The maximum absolute atomic E-state index is 12.1. The van der Waals surface area contributed by atoms with Gasteiger partial charge in [-0.15, -0.1) is 11.3 Å². The molecule has 0 spiro atoms. The lowest BCUT2D eigenvalue weighted by molar-refractivity contribution is -0.122. The lowest BCUT2D eigenvalue weighted by atomic mass is 10.4. The molecule has 3 rings (SSSR count). The topological polar surface area (TPSA) is 115 Å². The lowest BCUT2D eigenvalue weighted by Gasteiger charge is -2.02. The molecule has 0 radical (unpaired) electrons. The Bertz CT molecular complexity index is 706. The maximum atomic E-state index is 12.1. The van der Waals surface area contributed by atoms with Gasteiger partial charge in [-0.3, -0.25) is 14.3 Å². The zero-order valence-corrected chi connectivity index (χ0v) is 13.3. The Hall–Kier alpha value is -2.26. The highest BCUT2D eigenvalue weighted by Crippen LogP contribution is 2.18. The summed E-state index contributed by atoms with van der Waals surface area (Å²) in [5, 5.41) is 12.2. The highest BCUT2D eigenvalue weighted by atomic mass is 32.1. The van der Waals surface area contributed by atoms with Gasteiger partial charge in [0.2, 0.25) is 5.91 Å². The third-order valence-electron chi connectivity index (χ3n) is 3.28. The van der Waals surface area contributed by atoms with Gasteiger partial charge in [-0.1, -0.05) is 0 Å². The van der Waals surface area contributed by atoms with E-state index in [1.54, 1.807) is 11.6 Å². The third-order valence-corrected chi connectivity index (χ3v) is 4.19. The molecule has 2 aromatic rings. The van der Waals surface area contributed by atoms with Gasteiger partial charge in [0, 0.05) is 24.0 Å². The molecule has 0 unspecified atom stereocenters. The Balaban J connectivity index is 1.54. The minimum absolute atomic E-state index is 0.0700. The van der Waals surface area contributed by atoms with Crippen LogP contribution in [0.4, 0.5) is 5.69 Å². The average molecular weight is 334 g/mol. The molecule has 9 heteroatoms. The SMILES string of the molecule is NCCc1nc(C(=O)Nc2cnn(CC(=O)NC3CC3)c2)cs1. The first-order valence-electron chi connectivity index (χ1n) is 7.41. The van der Waals surface area contributed by atoms with Crippen LogP contribution in [0, 0.1) is 0 Å². The summed E-state index contributed by atoms with van der Waals surface area (Å²) in [5.74, 6) is -0.370. The number of carbonyl (C=O) groups is 2. The Morgan fingerprint density at radius 1 is 1.43 bits per heavy atom. The summed E-state index contributed by atoms with van der Waals surface area (Å²) in [6.07, 6.45) is 5.89. The molecule has 1 aliphatic rings. The van der Waals surface area contributed by atoms with Crippen molar-refractivity contribution in [3.05, 3.63) is 28.5 Å². The summed E-state index contributed by atoms with van der Waals surface area (Å²) in [6, 6.07) is 0.324. The second-order valence-corrected chi connectivity index (χ2v) is 6.33. The minimum atomic E-state index is -0.300. The number of nitrogens with zero attached hydrogens (tertiary/aromatic N) is 3. The second-order valence-electron chi connectivity index (χ2n) is 5.39. The molecule has 8 nitrogen and oxygen atoms in total. The largest absolute Gasteiger partial charge is 0.352 e. The summed E-state index contributed by atoms with van der Waals surface area (Å²) in [4.78, 5) is 28.0. The Labute approximate surface area is 137 Å². The van der Waals surface area contributed by atoms with E-state index in [9.17, 15) is 9.59 Å². The molecular weight excluding hydrogens is 316 g/mol. The molecule has 1 saturated carbocycles. The van der Waals surface area contributed by atoms with Crippen molar-refractivity contribution >= 4 is 28.8 Å². The third kappa shape index (κ3) is 4.36. The number of amides is 2. The second kappa shape index (κ2) is 6.88. The van der Waals surface area contributed by atoms with Crippen LogP contribution in [0.25, 0.3) is 0 Å². The van der Waals surface area contributed by atoms with E-state index in [1.807, 2.05) is 0 Å². The number of nitrogens with two attached hydrogens (primary N) is 1. The van der Waals surface area contributed by atoms with E-state index in [2.05, 4.69) is 20.7 Å². The fourth-order valence-electron chi connectivity index (χ4n) is 2.01. The van der Waals surface area contributed by atoms with Crippen molar-refractivity contribution in [2.75, 3.05) is 11.9 Å². The predicted molar refractivity (Wildman–Crippen MR) is 86.2 cm³/mol. The van der Waals surface area contributed by atoms with Crippen LogP contribution in [-0.4, -0.2) is 39.2 Å². The lowest BCUT2D eigenvalue weighted by Crippen LogP contribution is -2.29. The van der Waals surface area contributed by atoms with Crippen LogP contribution in [-0.2, 0) is 17.8 Å². The highest BCUT2D eigenvalue weighted by Gasteiger charge is 2.23. The van der Waals surface area contributed by atoms with Crippen molar-refractivity contribution in [2.24, 2.45) is 5.73 Å². The fourth-order valence-corrected chi connectivity index (χ4v) is 2.81. The number of hydrogen-bond acceptors (Lipinski definition) is 6. The van der Waals surface area contributed by atoms with Crippen LogP contribution in [0.15, 0.2) is 17.8 Å². The van der Waals surface area contributed by atoms with Gasteiger partial charge in [0.15, 0.2) is 0 Å². The van der Waals surface area contributed by atoms with Gasteiger partial charge in [0.05, 0.1) is 16.9 Å². The van der Waals surface area contributed by atoms with Gasteiger partial charge in [-0.2, -0.15) is 5.10 Å². The van der Waals surface area contributed by atoms with Crippen molar-refractivity contribution in [1.82, 2.24) is 20.1 Å². The Kier molecular flexibility index (Phi) is 4.68. The maximum Gasteiger partial charge on any atom is 0.275 e. The Morgan fingerprint density at radius 3 is 3.00 bits per heavy atom. The van der Waals surface area contributed by atoms with Crippen LogP contribution in [0.5, 0.6) is 0 Å². The normalized spacial score (nSPS) is 13.8. The summed E-state index contributed by atoms with van der Waals surface area (Å²) in [5.41, 5.74) is 6.36. The molecule has 122 valence electrons. The van der Waals surface area contributed by atoms with Crippen molar-refractivity contribution in [1.29, 1.82) is 0 Å². The number of hydrogen-bond donors (Lipinski definition) is 3. The van der Waals surface area contributed by atoms with Crippen LogP contribution in [0.2, 0.25) is 0 Å². The van der Waals surface area contributed by atoms with E-state index in [0.29, 0.717) is 30.4 Å². The number of nitrogens with one attached hydrogen (secondary N) is 2. The van der Waals surface area contributed by atoms with Crippen molar-refractivity contribution in [3.8, 4) is 0 Å². The van der Waals surface area contributed by atoms with E-state index in [4.69, 9.17) is 5.73 Å². The summed E-state index contributed by atoms with van der Waals surface area (Å²) in [6.45, 7) is 0.647. The number of rotatable bonds is 7. The Morgan fingerprint density at radius 2 is 2.26 bits per heavy atom. The van der Waals surface area contributed by atoms with E-state index in [-0.39, 0.29) is 18.4 Å². The van der Waals surface area contributed by atoms with Crippen molar-refractivity contribution in [2.45, 2.75) is 31.8 Å². The zero-order chi connectivity index (χ0) is 16.2. The number of aromatic nitrogens is 3. The fraction of sp³-hybridized carbons (Fsp3) is 0.429. The van der Waals surface area contributed by atoms with Gasteiger partial charge < -0.3 is 16.4 Å². The molecule has 1 aliphatic carbocycles. The van der Waals surface area contributed by atoms with Gasteiger partial charge in [0.25, 0.3) is 5.91 Å². The van der Waals surface area contributed by atoms with Crippen molar-refractivity contribution < 1.29 is 9.59 Å². The van der Waals surface area contributed by atoms with Crippen LogP contribution in [0.3, 0.4) is 0 Å². The molecule has 0 saturated heterocycles. The molecule has 0 bridgehead atoms. The molecule has 1 fully saturated rings. The first-order valence-corrected chi connectivity index (χ1v) is 8.29. The van der Waals surface area contributed by atoms with E-state index < -0.39 is 0 Å². The van der Waals surface area contributed by atoms with E-state index in [0.717, 1.165) is 17.8 Å². The van der Waals surface area contributed by atoms with E-state index in [1.165, 1.54) is 22.2 Å². The molecular formula is C14H18N6O2S. The highest BCUT2D eigenvalue weighted by molar-refractivity contribution is 7.09. The molecule has 2 amide bonds.